The van der Waals surface area contributed by atoms with Gasteiger partial charge in [-0.25, -0.2) is 0 Å². The molecule has 3 nitrogen and oxygen atoms in total. The van der Waals surface area contributed by atoms with Gasteiger partial charge in [-0.3, -0.25) is 4.98 Å². The predicted molar refractivity (Wildman–Crippen MR) is 82.3 cm³/mol. The third kappa shape index (κ3) is 3.58. The Bertz CT molecular complexity index is 423. The molecule has 3 heteroatoms. The van der Waals surface area contributed by atoms with Gasteiger partial charge in [0.15, 0.2) is 0 Å². The van der Waals surface area contributed by atoms with E-state index in [9.17, 15) is 0 Å². The number of pyridine rings is 1. The van der Waals surface area contributed by atoms with Gasteiger partial charge in [0.1, 0.15) is 0 Å². The van der Waals surface area contributed by atoms with Crippen molar-refractivity contribution in [1.82, 2.24) is 4.98 Å². The van der Waals surface area contributed by atoms with Crippen molar-refractivity contribution in [2.75, 3.05) is 6.54 Å². The highest BCUT2D eigenvalue weighted by molar-refractivity contribution is 5.16. The van der Waals surface area contributed by atoms with E-state index in [1.165, 1.54) is 18.4 Å². The Kier molecular flexibility index (Phi) is 5.17. The van der Waals surface area contributed by atoms with Crippen LogP contribution in [0.4, 0.5) is 0 Å². The Morgan fingerprint density at radius 3 is 2.65 bits per heavy atom. The van der Waals surface area contributed by atoms with Crippen molar-refractivity contribution in [1.29, 1.82) is 0 Å². The number of hydrogen-bond donors (Lipinski definition) is 1. The molecular formula is C17H28N2O. The Hall–Kier alpha value is -0.930. The zero-order chi connectivity index (χ0) is 14.6. The van der Waals surface area contributed by atoms with Gasteiger partial charge in [-0.05, 0) is 56.1 Å². The van der Waals surface area contributed by atoms with E-state index in [0.29, 0.717) is 13.2 Å². The first-order chi connectivity index (χ1) is 9.56. The third-order valence-corrected chi connectivity index (χ3v) is 4.89. The summed E-state index contributed by atoms with van der Waals surface area (Å²) in [6, 6.07) is 4.04. The fourth-order valence-electron chi connectivity index (χ4n) is 3.13. The van der Waals surface area contributed by atoms with Crippen molar-refractivity contribution in [2.24, 2.45) is 17.6 Å². The lowest BCUT2D eigenvalue weighted by Gasteiger charge is -2.40. The topological polar surface area (TPSA) is 48.1 Å². The summed E-state index contributed by atoms with van der Waals surface area (Å²) in [4.78, 5) is 4.41. The van der Waals surface area contributed by atoms with Gasteiger partial charge >= 0.3 is 0 Å². The molecule has 0 saturated heterocycles. The van der Waals surface area contributed by atoms with Crippen molar-refractivity contribution < 1.29 is 4.74 Å². The van der Waals surface area contributed by atoms with Gasteiger partial charge < -0.3 is 10.5 Å². The first kappa shape index (κ1) is 15.5. The first-order valence-electron chi connectivity index (χ1n) is 7.81. The van der Waals surface area contributed by atoms with Crippen LogP contribution in [0.5, 0.6) is 0 Å². The second-order valence-electron chi connectivity index (χ2n) is 6.52. The molecule has 1 fully saturated rings. The van der Waals surface area contributed by atoms with E-state index in [2.05, 4.69) is 31.8 Å². The molecule has 0 spiro atoms. The summed E-state index contributed by atoms with van der Waals surface area (Å²) in [5.74, 6) is 1.60. The van der Waals surface area contributed by atoms with Crippen LogP contribution in [0, 0.1) is 18.8 Å². The number of aryl methyl sites for hydroxylation is 1. The maximum atomic E-state index is 6.23. The fourth-order valence-corrected chi connectivity index (χ4v) is 3.13. The lowest BCUT2D eigenvalue weighted by atomic mass is 9.74. The number of aromatic nitrogens is 1. The Morgan fingerprint density at radius 2 is 2.10 bits per heavy atom. The molecule has 20 heavy (non-hydrogen) atoms. The molecule has 0 atom stereocenters. The van der Waals surface area contributed by atoms with Crippen LogP contribution in [0.1, 0.15) is 50.8 Å². The van der Waals surface area contributed by atoms with E-state index in [4.69, 9.17) is 10.5 Å². The standard InChI is InChI=1S/C17H28N2O/c1-13(2)15-6-8-17(12-18,9-7-15)20-11-16-14(3)5-4-10-19-16/h4-5,10,13,15H,6-9,11-12,18H2,1-3H3. The summed E-state index contributed by atoms with van der Waals surface area (Å²) in [6.45, 7) is 7.91. The van der Waals surface area contributed by atoms with Gasteiger partial charge in [-0.2, -0.15) is 0 Å². The second kappa shape index (κ2) is 6.68. The molecule has 2 N–H and O–H groups in total. The van der Waals surface area contributed by atoms with E-state index >= 15 is 0 Å². The van der Waals surface area contributed by atoms with Crippen molar-refractivity contribution in [3.05, 3.63) is 29.6 Å². The quantitative estimate of drug-likeness (QED) is 0.896. The number of rotatable bonds is 5. The summed E-state index contributed by atoms with van der Waals surface area (Å²) in [5, 5.41) is 0. The predicted octanol–water partition coefficient (Wildman–Crippen LogP) is 3.45. The third-order valence-electron chi connectivity index (χ3n) is 4.89. The van der Waals surface area contributed by atoms with E-state index in [-0.39, 0.29) is 5.60 Å². The van der Waals surface area contributed by atoms with Gasteiger partial charge in [0.05, 0.1) is 17.9 Å². The number of hydrogen-bond acceptors (Lipinski definition) is 3. The zero-order valence-electron chi connectivity index (χ0n) is 13.1. The minimum atomic E-state index is -0.130. The molecule has 1 aromatic rings. The highest BCUT2D eigenvalue weighted by atomic mass is 16.5. The summed E-state index contributed by atoms with van der Waals surface area (Å²) in [7, 11) is 0. The average Bonchev–Trinajstić information content (AvgIpc) is 2.47. The number of ether oxygens (including phenoxy) is 1. The van der Waals surface area contributed by atoms with Crippen LogP contribution >= 0.6 is 0 Å². The Labute approximate surface area is 122 Å². The van der Waals surface area contributed by atoms with Gasteiger partial charge in [0.2, 0.25) is 0 Å². The molecule has 1 aromatic heterocycles. The fraction of sp³-hybridized carbons (Fsp3) is 0.706. The van der Waals surface area contributed by atoms with Crippen LogP contribution in [0.2, 0.25) is 0 Å². The molecule has 1 heterocycles. The van der Waals surface area contributed by atoms with Crippen molar-refractivity contribution in [3.8, 4) is 0 Å². The molecule has 0 unspecified atom stereocenters. The molecule has 1 saturated carbocycles. The second-order valence-corrected chi connectivity index (χ2v) is 6.52. The lowest BCUT2D eigenvalue weighted by Crippen LogP contribution is -2.44. The zero-order valence-corrected chi connectivity index (χ0v) is 13.1. The van der Waals surface area contributed by atoms with E-state index < -0.39 is 0 Å². The highest BCUT2D eigenvalue weighted by Gasteiger charge is 2.36. The average molecular weight is 276 g/mol. The van der Waals surface area contributed by atoms with E-state index in [0.717, 1.165) is 30.4 Å². The SMILES string of the molecule is Cc1cccnc1COC1(CN)CCC(C(C)C)CC1. The summed E-state index contributed by atoms with van der Waals surface area (Å²) in [6.07, 6.45) is 6.46. The van der Waals surface area contributed by atoms with Gasteiger partial charge in [0.25, 0.3) is 0 Å². The van der Waals surface area contributed by atoms with Crippen molar-refractivity contribution >= 4 is 0 Å². The maximum Gasteiger partial charge on any atom is 0.0898 e. The monoisotopic (exact) mass is 276 g/mol. The lowest BCUT2D eigenvalue weighted by molar-refractivity contribution is -0.0852. The highest BCUT2D eigenvalue weighted by Crippen LogP contribution is 2.38. The van der Waals surface area contributed by atoms with Crippen molar-refractivity contribution in [2.45, 2.75) is 58.7 Å². The van der Waals surface area contributed by atoms with Gasteiger partial charge in [-0.1, -0.05) is 19.9 Å². The van der Waals surface area contributed by atoms with Crippen LogP contribution in [-0.2, 0) is 11.3 Å². The summed E-state index contributed by atoms with van der Waals surface area (Å²) in [5.41, 5.74) is 8.11. The molecular weight excluding hydrogens is 248 g/mol. The van der Waals surface area contributed by atoms with Gasteiger partial charge in [-0.15, -0.1) is 0 Å². The molecule has 2 rings (SSSR count). The molecule has 1 aliphatic rings. The number of nitrogens with zero attached hydrogens (tertiary/aromatic N) is 1. The smallest absolute Gasteiger partial charge is 0.0898 e. The van der Waals surface area contributed by atoms with Crippen LogP contribution in [0.15, 0.2) is 18.3 Å². The minimum absolute atomic E-state index is 0.130. The molecule has 112 valence electrons. The molecule has 0 amide bonds. The molecule has 0 aliphatic heterocycles. The van der Waals surface area contributed by atoms with Crippen LogP contribution in [0.3, 0.4) is 0 Å². The molecule has 0 bridgehead atoms. The Morgan fingerprint density at radius 1 is 1.40 bits per heavy atom. The number of nitrogens with two attached hydrogens (primary N) is 1. The van der Waals surface area contributed by atoms with Crippen LogP contribution < -0.4 is 5.73 Å². The van der Waals surface area contributed by atoms with Crippen LogP contribution in [-0.4, -0.2) is 17.1 Å². The van der Waals surface area contributed by atoms with Crippen molar-refractivity contribution in [3.63, 3.8) is 0 Å². The first-order valence-corrected chi connectivity index (χ1v) is 7.81. The maximum absolute atomic E-state index is 6.23. The largest absolute Gasteiger partial charge is 0.367 e. The summed E-state index contributed by atoms with van der Waals surface area (Å²) >= 11 is 0. The molecule has 0 radical (unpaired) electrons. The normalized spacial score (nSPS) is 26.9. The molecule has 1 aliphatic carbocycles. The summed E-state index contributed by atoms with van der Waals surface area (Å²) < 4.78 is 6.23. The Balaban J connectivity index is 1.95. The van der Waals surface area contributed by atoms with E-state index in [1.54, 1.807) is 0 Å². The van der Waals surface area contributed by atoms with E-state index in [1.807, 2.05) is 12.3 Å². The minimum Gasteiger partial charge on any atom is -0.367 e. The van der Waals surface area contributed by atoms with Crippen LogP contribution in [0.25, 0.3) is 0 Å². The molecule has 0 aromatic carbocycles. The van der Waals surface area contributed by atoms with Gasteiger partial charge in [0, 0.05) is 12.7 Å².